The molecule has 0 saturated heterocycles. The molecule has 0 amide bonds. The third kappa shape index (κ3) is 4.06. The summed E-state index contributed by atoms with van der Waals surface area (Å²) in [6.07, 6.45) is 1.51. The van der Waals surface area contributed by atoms with Crippen molar-refractivity contribution in [2.75, 3.05) is 0 Å². The van der Waals surface area contributed by atoms with E-state index in [4.69, 9.17) is 9.47 Å². The number of carbonyl (C=O) groups is 2. The molecule has 0 atom stereocenters. The number of nitrogens with zero attached hydrogens (tertiary/aromatic N) is 2. The number of cyclic esters (lactones) is 1. The molecule has 136 valence electrons. The average Bonchev–Trinajstić information content (AvgIpc) is 2.97. The molecule has 2 aromatic carbocycles. The molecule has 1 heterocycles. The minimum atomic E-state index is -0.655. The summed E-state index contributed by atoms with van der Waals surface area (Å²) in [4.78, 5) is 37.7. The third-order valence-electron chi connectivity index (χ3n) is 3.72. The largest absolute Gasteiger partial charge is 0.427 e. The Labute approximate surface area is 153 Å². The molecule has 27 heavy (non-hydrogen) atoms. The highest BCUT2D eigenvalue weighted by Gasteiger charge is 2.25. The van der Waals surface area contributed by atoms with Crippen LogP contribution in [0.1, 0.15) is 23.6 Å². The Bertz CT molecular complexity index is 1010. The lowest BCUT2D eigenvalue weighted by atomic mass is 10.1. The zero-order valence-electron chi connectivity index (χ0n) is 14.5. The second-order valence-corrected chi connectivity index (χ2v) is 5.76. The van der Waals surface area contributed by atoms with Crippen molar-refractivity contribution in [3.05, 3.63) is 75.0 Å². The van der Waals surface area contributed by atoms with Gasteiger partial charge < -0.3 is 9.47 Å². The minimum absolute atomic E-state index is 0.00545. The van der Waals surface area contributed by atoms with E-state index in [-0.39, 0.29) is 17.3 Å². The van der Waals surface area contributed by atoms with Gasteiger partial charge in [-0.05, 0) is 36.8 Å². The molecule has 0 saturated carbocycles. The van der Waals surface area contributed by atoms with Gasteiger partial charge in [0.1, 0.15) is 5.75 Å². The van der Waals surface area contributed by atoms with E-state index in [0.717, 1.165) is 0 Å². The molecule has 0 bridgehead atoms. The van der Waals surface area contributed by atoms with E-state index in [1.54, 1.807) is 43.3 Å². The molecule has 0 aliphatic carbocycles. The lowest BCUT2D eigenvalue weighted by molar-refractivity contribution is -0.385. The molecule has 1 aliphatic heterocycles. The van der Waals surface area contributed by atoms with Gasteiger partial charge in [0, 0.05) is 24.1 Å². The Hall–Kier alpha value is -3.81. The van der Waals surface area contributed by atoms with Crippen molar-refractivity contribution in [2.24, 2.45) is 4.99 Å². The fraction of sp³-hybridized carbons (Fsp3) is 0.105. The molecule has 3 rings (SSSR count). The van der Waals surface area contributed by atoms with E-state index in [1.165, 1.54) is 19.1 Å². The number of aryl methyl sites for hydroxylation is 1. The summed E-state index contributed by atoms with van der Waals surface area (Å²) in [6.45, 7) is 2.92. The molecule has 2 aromatic rings. The van der Waals surface area contributed by atoms with Crippen LogP contribution >= 0.6 is 0 Å². The van der Waals surface area contributed by atoms with Crippen LogP contribution in [0.5, 0.6) is 5.75 Å². The van der Waals surface area contributed by atoms with Gasteiger partial charge in [0.15, 0.2) is 5.70 Å². The van der Waals surface area contributed by atoms with Crippen LogP contribution in [-0.4, -0.2) is 22.8 Å². The molecule has 0 spiro atoms. The maximum Gasteiger partial charge on any atom is 0.363 e. The zero-order chi connectivity index (χ0) is 19.6. The fourth-order valence-corrected chi connectivity index (χ4v) is 2.43. The first-order valence-corrected chi connectivity index (χ1v) is 7.90. The number of esters is 2. The maximum absolute atomic E-state index is 12.1. The van der Waals surface area contributed by atoms with Crippen molar-refractivity contribution in [1.29, 1.82) is 0 Å². The van der Waals surface area contributed by atoms with Crippen molar-refractivity contribution in [3.8, 4) is 5.75 Å². The topological polar surface area (TPSA) is 108 Å². The lowest BCUT2D eigenvalue weighted by Crippen LogP contribution is -2.06. The smallest absolute Gasteiger partial charge is 0.363 e. The van der Waals surface area contributed by atoms with Gasteiger partial charge in [0.25, 0.3) is 5.69 Å². The molecule has 8 heteroatoms. The van der Waals surface area contributed by atoms with Crippen molar-refractivity contribution in [1.82, 2.24) is 0 Å². The SMILES string of the molecule is CC(=O)Oc1ccc(C=C2N=C(c3ccc(C)c([N+](=O)[O-])c3)OC2=O)cc1. The van der Waals surface area contributed by atoms with Gasteiger partial charge in [-0.2, -0.15) is 0 Å². The van der Waals surface area contributed by atoms with Gasteiger partial charge in [-0.25, -0.2) is 9.79 Å². The van der Waals surface area contributed by atoms with Crippen LogP contribution in [0.4, 0.5) is 5.69 Å². The Morgan fingerprint density at radius 3 is 2.56 bits per heavy atom. The van der Waals surface area contributed by atoms with Crippen molar-refractivity contribution in [2.45, 2.75) is 13.8 Å². The van der Waals surface area contributed by atoms with Crippen LogP contribution in [0.25, 0.3) is 6.08 Å². The number of hydrogen-bond donors (Lipinski definition) is 0. The third-order valence-corrected chi connectivity index (χ3v) is 3.72. The van der Waals surface area contributed by atoms with Gasteiger partial charge in [-0.3, -0.25) is 14.9 Å². The van der Waals surface area contributed by atoms with E-state index in [9.17, 15) is 19.7 Å². The summed E-state index contributed by atoms with van der Waals surface area (Å²) in [5, 5.41) is 11.1. The monoisotopic (exact) mass is 366 g/mol. The van der Waals surface area contributed by atoms with E-state index in [1.807, 2.05) is 0 Å². The number of aliphatic imine (C=N–C) groups is 1. The van der Waals surface area contributed by atoms with Crippen LogP contribution < -0.4 is 4.74 Å². The van der Waals surface area contributed by atoms with Gasteiger partial charge in [-0.15, -0.1) is 0 Å². The van der Waals surface area contributed by atoms with Gasteiger partial charge in [-0.1, -0.05) is 18.2 Å². The number of rotatable bonds is 4. The summed E-state index contributed by atoms with van der Waals surface area (Å²) >= 11 is 0. The minimum Gasteiger partial charge on any atom is -0.427 e. The molecule has 0 unspecified atom stereocenters. The first kappa shape index (κ1) is 18.0. The van der Waals surface area contributed by atoms with E-state index in [2.05, 4.69) is 4.99 Å². The van der Waals surface area contributed by atoms with Crippen LogP contribution in [-0.2, 0) is 14.3 Å². The van der Waals surface area contributed by atoms with Crippen molar-refractivity contribution >= 4 is 29.6 Å². The second kappa shape index (κ2) is 7.20. The predicted molar refractivity (Wildman–Crippen MR) is 96.2 cm³/mol. The van der Waals surface area contributed by atoms with E-state index >= 15 is 0 Å². The quantitative estimate of drug-likeness (QED) is 0.270. The summed E-state index contributed by atoms with van der Waals surface area (Å²) < 4.78 is 10.1. The van der Waals surface area contributed by atoms with Crippen LogP contribution in [0.15, 0.2) is 53.2 Å². The Morgan fingerprint density at radius 2 is 1.93 bits per heavy atom. The molecule has 0 fully saturated rings. The maximum atomic E-state index is 12.1. The summed E-state index contributed by atoms with van der Waals surface area (Å²) in [5.74, 6) is -0.695. The number of ether oxygens (including phenoxy) is 2. The molecule has 0 radical (unpaired) electrons. The van der Waals surface area contributed by atoms with E-state index in [0.29, 0.717) is 22.4 Å². The molecular weight excluding hydrogens is 352 g/mol. The highest BCUT2D eigenvalue weighted by molar-refractivity contribution is 6.13. The van der Waals surface area contributed by atoms with E-state index < -0.39 is 16.9 Å². The first-order chi connectivity index (χ1) is 12.8. The number of nitro benzene ring substituents is 1. The Kier molecular flexibility index (Phi) is 4.80. The number of benzene rings is 2. The Balaban J connectivity index is 1.88. The number of hydrogen-bond acceptors (Lipinski definition) is 7. The molecule has 0 aromatic heterocycles. The summed E-state index contributed by atoms with van der Waals surface area (Å²) in [7, 11) is 0. The summed E-state index contributed by atoms with van der Waals surface area (Å²) in [6, 6.07) is 11.0. The van der Waals surface area contributed by atoms with Gasteiger partial charge in [0.05, 0.1) is 4.92 Å². The van der Waals surface area contributed by atoms with Crippen LogP contribution in [0.3, 0.4) is 0 Å². The lowest BCUT2D eigenvalue weighted by Gasteiger charge is -2.01. The average molecular weight is 366 g/mol. The van der Waals surface area contributed by atoms with Gasteiger partial charge >= 0.3 is 11.9 Å². The molecule has 0 N–H and O–H groups in total. The molecule has 1 aliphatic rings. The number of nitro groups is 1. The molecule has 8 nitrogen and oxygen atoms in total. The molecular formula is C19H14N2O6. The van der Waals surface area contributed by atoms with Crippen molar-refractivity contribution < 1.29 is 24.0 Å². The predicted octanol–water partition coefficient (Wildman–Crippen LogP) is 3.17. The van der Waals surface area contributed by atoms with Gasteiger partial charge in [0.2, 0.25) is 5.90 Å². The zero-order valence-corrected chi connectivity index (χ0v) is 14.5. The fourth-order valence-electron chi connectivity index (χ4n) is 2.43. The first-order valence-electron chi connectivity index (χ1n) is 7.90. The standard InChI is InChI=1S/C19H14N2O6/c1-11-3-6-14(10-17(11)21(24)25)18-20-16(19(23)27-18)9-13-4-7-15(8-5-13)26-12(2)22/h3-10H,1-2H3. The van der Waals surface area contributed by atoms with Crippen LogP contribution in [0.2, 0.25) is 0 Å². The number of carbonyl (C=O) groups excluding carboxylic acids is 2. The normalized spacial score (nSPS) is 14.7. The summed E-state index contributed by atoms with van der Waals surface area (Å²) in [5.41, 5.74) is 1.47. The second-order valence-electron chi connectivity index (χ2n) is 5.76. The van der Waals surface area contributed by atoms with Crippen LogP contribution in [0, 0.1) is 17.0 Å². The highest BCUT2D eigenvalue weighted by Crippen LogP contribution is 2.24. The van der Waals surface area contributed by atoms with Crippen molar-refractivity contribution in [3.63, 3.8) is 0 Å². The Morgan fingerprint density at radius 1 is 1.22 bits per heavy atom. The highest BCUT2D eigenvalue weighted by atomic mass is 16.6.